The molecule has 2 amide bonds. The van der Waals surface area contributed by atoms with Gasteiger partial charge in [0.25, 0.3) is 0 Å². The van der Waals surface area contributed by atoms with Gasteiger partial charge in [-0.25, -0.2) is 18.0 Å². The molecular weight excluding hydrogens is 309 g/mol. The van der Waals surface area contributed by atoms with Crippen molar-refractivity contribution in [2.75, 3.05) is 6.54 Å². The second kappa shape index (κ2) is 7.21. The van der Waals surface area contributed by atoms with Gasteiger partial charge >= 0.3 is 6.03 Å². The largest absolute Gasteiger partial charge is 0.389 e. The summed E-state index contributed by atoms with van der Waals surface area (Å²) in [6, 6.07) is 0.295. The molecule has 0 saturated heterocycles. The van der Waals surface area contributed by atoms with E-state index >= 15 is 0 Å². The number of carbonyl (C=O) groups excluding carboxylic acids is 1. The molecule has 1 unspecified atom stereocenters. The van der Waals surface area contributed by atoms with Crippen LogP contribution in [0.5, 0.6) is 0 Å². The summed E-state index contributed by atoms with van der Waals surface area (Å²) < 4.78 is 39.5. The van der Waals surface area contributed by atoms with E-state index in [1.54, 1.807) is 27.7 Å². The van der Waals surface area contributed by atoms with Crippen LogP contribution in [0.25, 0.3) is 0 Å². The van der Waals surface area contributed by atoms with Crippen LogP contribution in [0.1, 0.15) is 46.2 Å². The first kappa shape index (κ1) is 19.3. The van der Waals surface area contributed by atoms with Crippen molar-refractivity contribution in [2.45, 2.75) is 52.3 Å². The van der Waals surface area contributed by atoms with Crippen LogP contribution < -0.4 is 5.32 Å². The number of carbonyl (C=O) groups is 1. The predicted molar refractivity (Wildman–Crippen MR) is 81.4 cm³/mol. The second-order valence-corrected chi connectivity index (χ2v) is 6.50. The van der Waals surface area contributed by atoms with E-state index in [-0.39, 0.29) is 18.2 Å². The Morgan fingerprint density at radius 2 is 1.70 bits per heavy atom. The third kappa shape index (κ3) is 5.42. The van der Waals surface area contributed by atoms with Crippen molar-refractivity contribution >= 4 is 6.03 Å². The Morgan fingerprint density at radius 1 is 1.22 bits per heavy atom. The van der Waals surface area contributed by atoms with Crippen LogP contribution in [-0.4, -0.2) is 34.2 Å². The fraction of sp³-hybridized carbons (Fsp3) is 0.562. The van der Waals surface area contributed by atoms with E-state index in [1.807, 2.05) is 0 Å². The van der Waals surface area contributed by atoms with E-state index in [0.29, 0.717) is 0 Å². The second-order valence-electron chi connectivity index (χ2n) is 6.50. The van der Waals surface area contributed by atoms with Crippen LogP contribution in [0, 0.1) is 17.5 Å². The van der Waals surface area contributed by atoms with Crippen molar-refractivity contribution in [3.63, 3.8) is 0 Å². The molecule has 1 atom stereocenters. The Bertz CT molecular complexity index is 548. The minimum Gasteiger partial charge on any atom is -0.389 e. The van der Waals surface area contributed by atoms with Gasteiger partial charge in [-0.1, -0.05) is 0 Å². The highest BCUT2D eigenvalue weighted by Crippen LogP contribution is 2.20. The van der Waals surface area contributed by atoms with Gasteiger partial charge in [0.15, 0.2) is 17.5 Å². The molecule has 0 aromatic heterocycles. The lowest BCUT2D eigenvalue weighted by Gasteiger charge is -2.33. The average Bonchev–Trinajstić information content (AvgIpc) is 2.40. The first-order valence-electron chi connectivity index (χ1n) is 7.36. The smallest absolute Gasteiger partial charge is 0.318 e. The Hall–Kier alpha value is -1.76. The van der Waals surface area contributed by atoms with Gasteiger partial charge in [0, 0.05) is 6.04 Å². The number of rotatable bonds is 5. The van der Waals surface area contributed by atoms with Crippen LogP contribution in [0.2, 0.25) is 0 Å². The lowest BCUT2D eigenvalue weighted by molar-refractivity contribution is 0.0383. The highest BCUT2D eigenvalue weighted by molar-refractivity contribution is 5.75. The number of nitrogens with one attached hydrogen (secondary N) is 1. The van der Waals surface area contributed by atoms with Crippen LogP contribution in [0.15, 0.2) is 12.1 Å². The molecule has 4 nitrogen and oxygen atoms in total. The zero-order valence-electron chi connectivity index (χ0n) is 14.0. The van der Waals surface area contributed by atoms with Crippen molar-refractivity contribution in [3.05, 3.63) is 35.1 Å². The van der Waals surface area contributed by atoms with Gasteiger partial charge in [0.1, 0.15) is 0 Å². The molecule has 1 rings (SSSR count). The summed E-state index contributed by atoms with van der Waals surface area (Å²) in [6.07, 6.45) is 0. The number of nitrogens with zero attached hydrogens (tertiary/aromatic N) is 1. The summed E-state index contributed by atoms with van der Waals surface area (Å²) in [5.74, 6) is -4.16. The topological polar surface area (TPSA) is 52.6 Å². The molecule has 1 aromatic carbocycles. The van der Waals surface area contributed by atoms with E-state index in [9.17, 15) is 23.1 Å². The molecule has 0 aliphatic rings. The minimum absolute atomic E-state index is 0.0926. The third-order valence-electron chi connectivity index (χ3n) is 3.29. The number of aliphatic hydroxyl groups is 1. The predicted octanol–water partition coefficient (Wildman–Crippen LogP) is 3.36. The summed E-state index contributed by atoms with van der Waals surface area (Å²) in [5.41, 5.74) is -0.972. The zero-order chi connectivity index (χ0) is 17.9. The van der Waals surface area contributed by atoms with Crippen molar-refractivity contribution in [3.8, 4) is 0 Å². The molecule has 0 aliphatic carbocycles. The number of halogens is 3. The van der Waals surface area contributed by atoms with E-state index < -0.39 is 35.1 Å². The molecular formula is C16H23F3N2O2. The Morgan fingerprint density at radius 3 is 2.09 bits per heavy atom. The maximum Gasteiger partial charge on any atom is 0.318 e. The quantitative estimate of drug-likeness (QED) is 0.813. The van der Waals surface area contributed by atoms with E-state index in [0.717, 1.165) is 12.1 Å². The Balaban J connectivity index is 2.90. The molecule has 2 N–H and O–H groups in total. The van der Waals surface area contributed by atoms with Crippen LogP contribution in [0.3, 0.4) is 0 Å². The summed E-state index contributed by atoms with van der Waals surface area (Å²) in [4.78, 5) is 13.7. The average molecular weight is 332 g/mol. The highest BCUT2D eigenvalue weighted by Gasteiger charge is 2.26. The van der Waals surface area contributed by atoms with Crippen molar-refractivity contribution in [1.29, 1.82) is 0 Å². The fourth-order valence-electron chi connectivity index (χ4n) is 2.08. The number of hydrogen-bond acceptors (Lipinski definition) is 2. The van der Waals surface area contributed by atoms with Crippen LogP contribution in [-0.2, 0) is 0 Å². The molecule has 0 saturated carbocycles. The van der Waals surface area contributed by atoms with Crippen molar-refractivity contribution in [1.82, 2.24) is 10.2 Å². The molecule has 1 aromatic rings. The summed E-state index contributed by atoms with van der Waals surface area (Å²) >= 11 is 0. The molecule has 0 heterocycles. The third-order valence-corrected chi connectivity index (χ3v) is 3.29. The molecule has 7 heteroatoms. The number of amides is 2. The molecule has 23 heavy (non-hydrogen) atoms. The molecule has 0 spiro atoms. The molecule has 0 aliphatic heterocycles. The first-order chi connectivity index (χ1) is 10.4. The molecule has 0 fully saturated rings. The van der Waals surface area contributed by atoms with E-state index in [4.69, 9.17) is 0 Å². The minimum atomic E-state index is -1.54. The van der Waals surface area contributed by atoms with E-state index in [1.165, 1.54) is 11.8 Å². The molecule has 0 bridgehead atoms. The molecule has 0 radical (unpaired) electrons. The van der Waals surface area contributed by atoms with Gasteiger partial charge in [-0.3, -0.25) is 0 Å². The lowest BCUT2D eigenvalue weighted by atomic mass is 10.1. The fourth-order valence-corrected chi connectivity index (χ4v) is 2.08. The SMILES string of the molecule is CC(NC(=O)N(CC(C)(C)O)C(C)C)c1cc(F)c(F)c(F)c1. The zero-order valence-corrected chi connectivity index (χ0v) is 14.0. The van der Waals surface area contributed by atoms with Gasteiger partial charge in [-0.15, -0.1) is 0 Å². The van der Waals surface area contributed by atoms with Crippen LogP contribution in [0.4, 0.5) is 18.0 Å². The maximum absolute atomic E-state index is 13.3. The van der Waals surface area contributed by atoms with Gasteiger partial charge < -0.3 is 15.3 Å². The monoisotopic (exact) mass is 332 g/mol. The van der Waals surface area contributed by atoms with Gasteiger partial charge in [0.05, 0.1) is 18.2 Å². The maximum atomic E-state index is 13.3. The lowest BCUT2D eigenvalue weighted by Crippen LogP contribution is -2.50. The van der Waals surface area contributed by atoms with Crippen molar-refractivity contribution in [2.24, 2.45) is 0 Å². The van der Waals surface area contributed by atoms with Crippen molar-refractivity contribution < 1.29 is 23.1 Å². The van der Waals surface area contributed by atoms with Gasteiger partial charge in [0.2, 0.25) is 0 Å². The summed E-state index contributed by atoms with van der Waals surface area (Å²) in [7, 11) is 0. The van der Waals surface area contributed by atoms with E-state index in [2.05, 4.69) is 5.32 Å². The standard InChI is InChI=1S/C16H23F3N2O2/c1-9(2)21(8-16(4,5)23)15(22)20-10(3)11-6-12(17)14(19)13(18)7-11/h6-7,9-10,23H,8H2,1-5H3,(H,20,22). The number of benzene rings is 1. The van der Waals surface area contributed by atoms with Gasteiger partial charge in [-0.2, -0.15) is 0 Å². The normalized spacial score (nSPS) is 13.1. The number of hydrogen-bond donors (Lipinski definition) is 2. The summed E-state index contributed by atoms with van der Waals surface area (Å²) in [5, 5.41) is 12.5. The van der Waals surface area contributed by atoms with Crippen LogP contribution >= 0.6 is 0 Å². The summed E-state index contributed by atoms with van der Waals surface area (Å²) in [6.45, 7) is 8.34. The first-order valence-corrected chi connectivity index (χ1v) is 7.36. The highest BCUT2D eigenvalue weighted by atomic mass is 19.2. The molecule has 130 valence electrons. The number of urea groups is 1. The van der Waals surface area contributed by atoms with Gasteiger partial charge in [-0.05, 0) is 52.3 Å². The Labute approximate surface area is 134 Å². The Kier molecular flexibility index (Phi) is 6.04.